The molecule has 0 bridgehead atoms. The minimum Gasteiger partial charge on any atom is -0.491 e. The molecule has 0 radical (unpaired) electrons. The fourth-order valence-electron chi connectivity index (χ4n) is 1.69. The van der Waals surface area contributed by atoms with Gasteiger partial charge in [0.25, 0.3) is 5.91 Å². The Morgan fingerprint density at radius 1 is 1.30 bits per heavy atom. The fraction of sp³-hybridized carbons (Fsp3) is 0.231. The van der Waals surface area contributed by atoms with Gasteiger partial charge in [-0.15, -0.1) is 0 Å². The summed E-state index contributed by atoms with van der Waals surface area (Å²) in [5, 5.41) is 11.6. The van der Waals surface area contributed by atoms with Gasteiger partial charge in [0.15, 0.2) is 0 Å². The number of carbonyl (C=O) groups excluding carboxylic acids is 1. The number of carboxylic acid groups (broad SMARTS) is 1. The summed E-state index contributed by atoms with van der Waals surface area (Å²) in [5.41, 5.74) is 0.224. The molecule has 0 unspecified atom stereocenters. The van der Waals surface area contributed by atoms with Gasteiger partial charge in [-0.05, 0) is 25.1 Å². The van der Waals surface area contributed by atoms with Gasteiger partial charge in [-0.3, -0.25) is 4.79 Å². The second-order valence-electron chi connectivity index (χ2n) is 4.04. The fourth-order valence-corrected chi connectivity index (χ4v) is 1.88. The van der Waals surface area contributed by atoms with Gasteiger partial charge in [-0.2, -0.15) is 0 Å². The second-order valence-corrected chi connectivity index (χ2v) is 4.44. The molecule has 1 heterocycles. The average Bonchev–Trinajstić information content (AvgIpc) is 2.41. The number of carbonyl (C=O) groups is 2. The predicted molar refractivity (Wildman–Crippen MR) is 71.6 cm³/mol. The van der Waals surface area contributed by atoms with E-state index < -0.39 is 11.9 Å². The minimum absolute atomic E-state index is 0.0862. The monoisotopic (exact) mass is 297 g/mol. The first kappa shape index (κ1) is 14.2. The smallest absolute Gasteiger partial charge is 0.337 e. The van der Waals surface area contributed by atoms with Crippen molar-refractivity contribution in [3.63, 3.8) is 0 Å². The van der Waals surface area contributed by atoms with Crippen LogP contribution in [0.25, 0.3) is 0 Å². The Balaban J connectivity index is 2.20. The largest absolute Gasteiger partial charge is 0.491 e. The lowest BCUT2D eigenvalue weighted by molar-refractivity contribution is -0.117. The molecule has 1 aliphatic rings. The van der Waals surface area contributed by atoms with Gasteiger partial charge < -0.3 is 19.9 Å². The van der Waals surface area contributed by atoms with E-state index in [4.69, 9.17) is 26.2 Å². The number of allylic oxidation sites excluding steroid dienone is 1. The van der Waals surface area contributed by atoms with Crippen molar-refractivity contribution in [3.05, 3.63) is 40.3 Å². The molecule has 2 N–H and O–H groups in total. The van der Waals surface area contributed by atoms with Crippen LogP contribution >= 0.6 is 11.6 Å². The second kappa shape index (κ2) is 5.83. The molecule has 6 nitrogen and oxygen atoms in total. The Morgan fingerprint density at radius 3 is 2.65 bits per heavy atom. The maximum Gasteiger partial charge on any atom is 0.337 e. The van der Waals surface area contributed by atoms with Crippen molar-refractivity contribution >= 4 is 29.2 Å². The number of aromatic carboxylic acids is 1. The highest BCUT2D eigenvalue weighted by Gasteiger charge is 2.20. The Hall–Kier alpha value is -2.21. The van der Waals surface area contributed by atoms with Crippen LogP contribution in [0.1, 0.15) is 17.3 Å². The Kier molecular flexibility index (Phi) is 4.14. The van der Waals surface area contributed by atoms with Crippen molar-refractivity contribution in [3.8, 4) is 0 Å². The number of ether oxygens (including phenoxy) is 2. The van der Waals surface area contributed by atoms with Gasteiger partial charge in [0, 0.05) is 5.69 Å². The molecule has 1 amide bonds. The van der Waals surface area contributed by atoms with Crippen LogP contribution in [0.5, 0.6) is 0 Å². The normalized spacial score (nSPS) is 14.3. The number of anilines is 1. The number of amides is 1. The Morgan fingerprint density at radius 2 is 2.00 bits per heavy atom. The van der Waals surface area contributed by atoms with E-state index in [2.05, 4.69) is 5.32 Å². The van der Waals surface area contributed by atoms with Crippen molar-refractivity contribution in [2.45, 2.75) is 6.92 Å². The van der Waals surface area contributed by atoms with E-state index in [1.165, 1.54) is 18.2 Å². The predicted octanol–water partition coefficient (Wildman–Crippen LogP) is 2.26. The number of halogens is 1. The zero-order valence-corrected chi connectivity index (χ0v) is 11.4. The van der Waals surface area contributed by atoms with Crippen LogP contribution in [0.15, 0.2) is 29.7 Å². The number of carboxylic acids is 1. The van der Waals surface area contributed by atoms with Crippen molar-refractivity contribution in [1.29, 1.82) is 0 Å². The van der Waals surface area contributed by atoms with E-state index in [0.717, 1.165) is 0 Å². The number of hydrogen-bond acceptors (Lipinski definition) is 4. The van der Waals surface area contributed by atoms with Crippen molar-refractivity contribution < 1.29 is 24.2 Å². The van der Waals surface area contributed by atoms with E-state index in [1.54, 1.807) is 6.92 Å². The Bertz CT molecular complexity index is 596. The highest BCUT2D eigenvalue weighted by Crippen LogP contribution is 2.22. The first-order valence-electron chi connectivity index (χ1n) is 5.79. The molecule has 1 aromatic carbocycles. The zero-order valence-electron chi connectivity index (χ0n) is 10.6. The summed E-state index contributed by atoms with van der Waals surface area (Å²) in [6.45, 7) is 2.31. The molecular weight excluding hydrogens is 286 g/mol. The summed E-state index contributed by atoms with van der Waals surface area (Å²) >= 11 is 5.75. The summed E-state index contributed by atoms with van der Waals surface area (Å²) in [6, 6.07) is 4.19. The molecule has 0 saturated carbocycles. The third kappa shape index (κ3) is 3.03. The first-order valence-corrected chi connectivity index (χ1v) is 6.17. The molecule has 20 heavy (non-hydrogen) atoms. The first-order chi connectivity index (χ1) is 9.49. The average molecular weight is 298 g/mol. The van der Waals surface area contributed by atoms with Gasteiger partial charge in [0.1, 0.15) is 19.0 Å². The molecule has 1 aliphatic heterocycles. The summed E-state index contributed by atoms with van der Waals surface area (Å²) in [5.74, 6) is -1.19. The third-order valence-corrected chi connectivity index (χ3v) is 2.96. The molecule has 106 valence electrons. The summed E-state index contributed by atoms with van der Waals surface area (Å²) < 4.78 is 10.4. The van der Waals surface area contributed by atoms with Crippen molar-refractivity contribution in [2.75, 3.05) is 18.5 Å². The van der Waals surface area contributed by atoms with Gasteiger partial charge in [-0.1, -0.05) is 11.6 Å². The van der Waals surface area contributed by atoms with Crippen molar-refractivity contribution in [2.24, 2.45) is 0 Å². The molecule has 2 rings (SSSR count). The maximum atomic E-state index is 12.0. The van der Waals surface area contributed by atoms with Crippen LogP contribution < -0.4 is 5.32 Å². The third-order valence-electron chi connectivity index (χ3n) is 2.63. The molecule has 0 aliphatic carbocycles. The highest BCUT2D eigenvalue weighted by molar-refractivity contribution is 6.33. The molecule has 0 aromatic heterocycles. The topological polar surface area (TPSA) is 84.9 Å². The van der Waals surface area contributed by atoms with Gasteiger partial charge >= 0.3 is 5.97 Å². The van der Waals surface area contributed by atoms with Crippen LogP contribution in [0.3, 0.4) is 0 Å². The van der Waals surface area contributed by atoms with E-state index in [1.807, 2.05) is 0 Å². The van der Waals surface area contributed by atoms with Gasteiger partial charge in [0.05, 0.1) is 10.6 Å². The number of rotatable bonds is 3. The van der Waals surface area contributed by atoms with E-state index >= 15 is 0 Å². The van der Waals surface area contributed by atoms with Crippen LogP contribution in [0.4, 0.5) is 5.69 Å². The van der Waals surface area contributed by atoms with Crippen LogP contribution in [-0.4, -0.2) is 30.2 Å². The summed E-state index contributed by atoms with van der Waals surface area (Å²) in [4.78, 5) is 23.0. The number of benzene rings is 1. The van der Waals surface area contributed by atoms with E-state index in [-0.39, 0.29) is 16.3 Å². The quantitative estimate of drug-likeness (QED) is 0.894. The zero-order chi connectivity index (χ0) is 14.7. The van der Waals surface area contributed by atoms with E-state index in [9.17, 15) is 9.59 Å². The summed E-state index contributed by atoms with van der Waals surface area (Å²) in [6.07, 6.45) is 0. The molecule has 1 aromatic rings. The Labute approximate surface area is 119 Å². The van der Waals surface area contributed by atoms with Crippen LogP contribution in [0.2, 0.25) is 5.02 Å². The van der Waals surface area contributed by atoms with Crippen LogP contribution in [-0.2, 0) is 14.3 Å². The lowest BCUT2D eigenvalue weighted by Crippen LogP contribution is -2.23. The highest BCUT2D eigenvalue weighted by atomic mass is 35.5. The van der Waals surface area contributed by atoms with Crippen molar-refractivity contribution in [1.82, 2.24) is 0 Å². The standard InChI is InChI=1S/C13H12ClNO5/c1-7-11(20-5-4-19-7)12(16)15-8-2-3-10(14)9(6-8)13(17)18/h2-3,6H,4-5H2,1H3,(H,15,16)(H,17,18). The molecule has 0 spiro atoms. The lowest BCUT2D eigenvalue weighted by Gasteiger charge is -2.19. The number of nitrogens with one attached hydrogen (secondary N) is 1. The molecular formula is C13H12ClNO5. The van der Waals surface area contributed by atoms with Crippen LogP contribution in [0, 0.1) is 0 Å². The molecule has 0 atom stereocenters. The van der Waals surface area contributed by atoms with Gasteiger partial charge in [0.2, 0.25) is 5.76 Å². The van der Waals surface area contributed by atoms with E-state index in [0.29, 0.717) is 24.7 Å². The molecule has 7 heteroatoms. The number of hydrogen-bond donors (Lipinski definition) is 2. The van der Waals surface area contributed by atoms with Gasteiger partial charge in [-0.25, -0.2) is 4.79 Å². The minimum atomic E-state index is -1.17. The lowest BCUT2D eigenvalue weighted by atomic mass is 10.2. The molecule has 0 saturated heterocycles. The SMILES string of the molecule is CC1=C(C(=O)Nc2ccc(Cl)c(C(=O)O)c2)OCCO1. The molecule has 0 fully saturated rings. The maximum absolute atomic E-state index is 12.0. The summed E-state index contributed by atoms with van der Waals surface area (Å²) in [7, 11) is 0.